The number of rotatable bonds is 7. The van der Waals surface area contributed by atoms with Crippen LogP contribution in [0.4, 0.5) is 0 Å². The summed E-state index contributed by atoms with van der Waals surface area (Å²) in [6.45, 7) is 1.91. The van der Waals surface area contributed by atoms with Crippen molar-refractivity contribution in [3.63, 3.8) is 0 Å². The lowest BCUT2D eigenvalue weighted by molar-refractivity contribution is 0.00387. The minimum atomic E-state index is 0.569. The van der Waals surface area contributed by atoms with E-state index >= 15 is 0 Å². The number of hydroxylamine groups is 1. The van der Waals surface area contributed by atoms with E-state index in [1.807, 2.05) is 0 Å². The lowest BCUT2D eigenvalue weighted by atomic mass is 10.2. The molecule has 2 aromatic rings. The van der Waals surface area contributed by atoms with E-state index in [2.05, 4.69) is 34.4 Å². The van der Waals surface area contributed by atoms with Crippen LogP contribution < -0.4 is 5.48 Å². The zero-order valence-corrected chi connectivity index (χ0v) is 11.3. The van der Waals surface area contributed by atoms with Gasteiger partial charge in [-0.3, -0.25) is 4.84 Å². The first kappa shape index (κ1) is 12.7. The second-order valence-electron chi connectivity index (χ2n) is 3.44. The van der Waals surface area contributed by atoms with Crippen LogP contribution in [-0.2, 0) is 16.1 Å². The van der Waals surface area contributed by atoms with E-state index in [-0.39, 0.29) is 0 Å². The average molecular weight is 269 g/mol. The number of hydrogen-bond donors (Lipinski definition) is 1. The third-order valence-corrected chi connectivity index (χ3v) is 4.05. The van der Waals surface area contributed by atoms with Crippen LogP contribution in [0, 0.1) is 0 Å². The van der Waals surface area contributed by atoms with Gasteiger partial charge < -0.3 is 4.74 Å². The lowest BCUT2D eigenvalue weighted by Gasteiger charge is -2.02. The summed E-state index contributed by atoms with van der Waals surface area (Å²) in [5.41, 5.74) is 4.22. The summed E-state index contributed by atoms with van der Waals surface area (Å²) in [5, 5.41) is 4.27. The number of thiophene rings is 2. The number of nitrogens with one attached hydrogen (secondary N) is 1. The summed E-state index contributed by atoms with van der Waals surface area (Å²) in [6.07, 6.45) is 0. The standard InChI is InChI=1S/C12H15NO2S2/c1-14-4-5-15-13-8-11-7-10(9-17-11)12-3-2-6-16-12/h2-3,6-7,9,13H,4-5,8H2,1H3. The highest BCUT2D eigenvalue weighted by molar-refractivity contribution is 7.14. The molecule has 2 aromatic heterocycles. The Morgan fingerprint density at radius 3 is 3.00 bits per heavy atom. The topological polar surface area (TPSA) is 30.5 Å². The number of hydrogen-bond acceptors (Lipinski definition) is 5. The molecule has 0 aliphatic rings. The van der Waals surface area contributed by atoms with E-state index in [4.69, 9.17) is 9.57 Å². The van der Waals surface area contributed by atoms with Gasteiger partial charge in [0.1, 0.15) is 0 Å². The molecule has 1 N–H and O–H groups in total. The van der Waals surface area contributed by atoms with E-state index < -0.39 is 0 Å². The van der Waals surface area contributed by atoms with Crippen LogP contribution in [0.2, 0.25) is 0 Å². The van der Waals surface area contributed by atoms with Crippen LogP contribution in [0.15, 0.2) is 29.0 Å². The van der Waals surface area contributed by atoms with Crippen molar-refractivity contribution >= 4 is 22.7 Å². The zero-order chi connectivity index (χ0) is 11.9. The molecule has 0 saturated carbocycles. The van der Waals surface area contributed by atoms with Gasteiger partial charge in [0.2, 0.25) is 0 Å². The minimum Gasteiger partial charge on any atom is -0.382 e. The van der Waals surface area contributed by atoms with E-state index in [0.29, 0.717) is 13.2 Å². The number of ether oxygens (including phenoxy) is 1. The van der Waals surface area contributed by atoms with Crippen LogP contribution in [0.25, 0.3) is 10.4 Å². The Morgan fingerprint density at radius 1 is 1.29 bits per heavy atom. The highest BCUT2D eigenvalue weighted by Crippen LogP contribution is 2.29. The van der Waals surface area contributed by atoms with Crippen LogP contribution in [0.1, 0.15) is 4.88 Å². The van der Waals surface area contributed by atoms with E-state index in [1.54, 1.807) is 29.8 Å². The maximum Gasteiger partial charge on any atom is 0.0916 e. The Morgan fingerprint density at radius 2 is 2.24 bits per heavy atom. The fraction of sp³-hybridized carbons (Fsp3) is 0.333. The van der Waals surface area contributed by atoms with Gasteiger partial charge in [-0.15, -0.1) is 22.7 Å². The molecule has 0 spiro atoms. The Hall–Kier alpha value is -0.720. The second kappa shape index (κ2) is 6.88. The summed E-state index contributed by atoms with van der Waals surface area (Å²) in [7, 11) is 1.66. The molecule has 0 aromatic carbocycles. The number of methoxy groups -OCH3 is 1. The van der Waals surface area contributed by atoms with Crippen molar-refractivity contribution in [1.29, 1.82) is 0 Å². The summed E-state index contributed by atoms with van der Waals surface area (Å²) >= 11 is 3.51. The monoisotopic (exact) mass is 269 g/mol. The molecule has 3 nitrogen and oxygen atoms in total. The molecule has 0 unspecified atom stereocenters. The molecular formula is C12H15NO2S2. The molecule has 0 aliphatic heterocycles. The van der Waals surface area contributed by atoms with Crippen molar-refractivity contribution in [1.82, 2.24) is 5.48 Å². The fourth-order valence-corrected chi connectivity index (χ4v) is 2.96. The molecule has 0 saturated heterocycles. The van der Waals surface area contributed by atoms with Crippen molar-refractivity contribution in [2.24, 2.45) is 0 Å². The summed E-state index contributed by atoms with van der Waals surface area (Å²) in [6, 6.07) is 6.41. The molecule has 2 rings (SSSR count). The average Bonchev–Trinajstić information content (AvgIpc) is 2.99. The highest BCUT2D eigenvalue weighted by Gasteiger charge is 2.02. The maximum atomic E-state index is 5.21. The van der Waals surface area contributed by atoms with Gasteiger partial charge in [-0.25, -0.2) is 0 Å². The summed E-state index contributed by atoms with van der Waals surface area (Å²) in [5.74, 6) is 0. The van der Waals surface area contributed by atoms with Crippen molar-refractivity contribution in [2.45, 2.75) is 6.54 Å². The molecule has 2 heterocycles. The van der Waals surface area contributed by atoms with Crippen LogP contribution >= 0.6 is 22.7 Å². The second-order valence-corrected chi connectivity index (χ2v) is 5.38. The van der Waals surface area contributed by atoms with Gasteiger partial charge in [-0.05, 0) is 22.9 Å². The molecule has 0 radical (unpaired) electrons. The van der Waals surface area contributed by atoms with Crippen molar-refractivity contribution in [2.75, 3.05) is 20.3 Å². The molecular weight excluding hydrogens is 254 g/mol. The molecule has 0 aliphatic carbocycles. The molecule has 17 heavy (non-hydrogen) atoms. The van der Waals surface area contributed by atoms with Gasteiger partial charge in [-0.1, -0.05) is 6.07 Å². The molecule has 5 heteroatoms. The first-order valence-electron chi connectivity index (χ1n) is 5.35. The van der Waals surface area contributed by atoms with Crippen LogP contribution in [0.3, 0.4) is 0 Å². The minimum absolute atomic E-state index is 0.569. The highest BCUT2D eigenvalue weighted by atomic mass is 32.1. The normalized spacial score (nSPS) is 10.9. The Kier molecular flexibility index (Phi) is 5.15. The van der Waals surface area contributed by atoms with Crippen molar-refractivity contribution in [3.8, 4) is 10.4 Å². The Balaban J connectivity index is 1.79. The summed E-state index contributed by atoms with van der Waals surface area (Å²) < 4.78 is 4.89. The Labute approximate surface area is 109 Å². The molecule has 0 atom stereocenters. The van der Waals surface area contributed by atoms with E-state index in [1.165, 1.54) is 15.3 Å². The molecule has 0 amide bonds. The molecule has 92 valence electrons. The maximum absolute atomic E-state index is 5.21. The fourth-order valence-electron chi connectivity index (χ4n) is 1.36. The van der Waals surface area contributed by atoms with Gasteiger partial charge in [0, 0.05) is 22.4 Å². The quantitative estimate of drug-likeness (QED) is 0.619. The van der Waals surface area contributed by atoms with Gasteiger partial charge in [0.05, 0.1) is 19.8 Å². The molecule has 0 bridgehead atoms. The zero-order valence-electron chi connectivity index (χ0n) is 9.64. The van der Waals surface area contributed by atoms with Gasteiger partial charge in [0.25, 0.3) is 0 Å². The Bertz CT molecular complexity index is 425. The third-order valence-electron chi connectivity index (χ3n) is 2.20. The van der Waals surface area contributed by atoms with Gasteiger partial charge in [-0.2, -0.15) is 5.48 Å². The van der Waals surface area contributed by atoms with Crippen LogP contribution in [-0.4, -0.2) is 20.3 Å². The smallest absolute Gasteiger partial charge is 0.0916 e. The largest absolute Gasteiger partial charge is 0.382 e. The SMILES string of the molecule is COCCONCc1cc(-c2cccs2)cs1. The summed E-state index contributed by atoms with van der Waals surface area (Å²) in [4.78, 5) is 7.79. The third kappa shape index (κ3) is 3.90. The van der Waals surface area contributed by atoms with Gasteiger partial charge >= 0.3 is 0 Å². The van der Waals surface area contributed by atoms with Crippen LogP contribution in [0.5, 0.6) is 0 Å². The predicted octanol–water partition coefficient (Wildman–Crippen LogP) is 3.14. The first-order valence-corrected chi connectivity index (χ1v) is 7.11. The predicted molar refractivity (Wildman–Crippen MR) is 72.3 cm³/mol. The van der Waals surface area contributed by atoms with E-state index in [9.17, 15) is 0 Å². The van der Waals surface area contributed by atoms with Crippen molar-refractivity contribution < 1.29 is 9.57 Å². The van der Waals surface area contributed by atoms with Gasteiger partial charge in [0.15, 0.2) is 0 Å². The lowest BCUT2D eigenvalue weighted by Crippen LogP contribution is -2.16. The first-order chi connectivity index (χ1) is 8.40. The molecule has 0 fully saturated rings. The van der Waals surface area contributed by atoms with Crippen molar-refractivity contribution in [3.05, 3.63) is 33.8 Å². The van der Waals surface area contributed by atoms with E-state index in [0.717, 1.165) is 6.54 Å².